The molecule has 0 fully saturated rings. The van der Waals surface area contributed by atoms with E-state index in [9.17, 15) is 0 Å². The predicted octanol–water partition coefficient (Wildman–Crippen LogP) is 16.3. The molecule has 0 saturated heterocycles. The fraction of sp³-hybridized carbons (Fsp3) is 0. The van der Waals surface area contributed by atoms with Crippen molar-refractivity contribution >= 4 is 82.5 Å². The van der Waals surface area contributed by atoms with Gasteiger partial charge in [-0.05, 0) is 105 Å². The van der Waals surface area contributed by atoms with Crippen LogP contribution in [0.3, 0.4) is 0 Å². The van der Waals surface area contributed by atoms with Gasteiger partial charge in [0, 0.05) is 43.9 Å². The quantitative estimate of drug-likeness (QED) is 0.169. The summed E-state index contributed by atoms with van der Waals surface area (Å²) < 4.78 is 12.8. The van der Waals surface area contributed by atoms with Crippen molar-refractivity contribution < 1.29 is 8.83 Å². The maximum atomic E-state index is 6.52. The van der Waals surface area contributed by atoms with Gasteiger partial charge in [0.2, 0.25) is 0 Å². The smallest absolute Gasteiger partial charge is 0.143 e. The molecular formula is C56H35NO2. The van der Waals surface area contributed by atoms with Gasteiger partial charge in [0.1, 0.15) is 22.3 Å². The van der Waals surface area contributed by atoms with Crippen molar-refractivity contribution in [2.75, 3.05) is 4.90 Å². The molecule has 0 saturated carbocycles. The van der Waals surface area contributed by atoms with Crippen molar-refractivity contribution in [2.24, 2.45) is 0 Å². The van der Waals surface area contributed by atoms with Crippen LogP contribution in [-0.2, 0) is 0 Å². The first-order chi connectivity index (χ1) is 29.2. The van der Waals surface area contributed by atoms with E-state index in [1.165, 1.54) is 32.8 Å². The lowest BCUT2D eigenvalue weighted by atomic mass is 9.96. The summed E-state index contributed by atoms with van der Waals surface area (Å²) in [5.74, 6) is 0. The molecule has 0 aliphatic carbocycles. The molecule has 3 heteroatoms. The molecule has 0 spiro atoms. The second-order valence-electron chi connectivity index (χ2n) is 15.3. The van der Waals surface area contributed by atoms with Crippen LogP contribution < -0.4 is 4.90 Å². The minimum absolute atomic E-state index is 0.871. The van der Waals surface area contributed by atoms with Crippen molar-refractivity contribution in [1.29, 1.82) is 0 Å². The predicted molar refractivity (Wildman–Crippen MR) is 247 cm³/mol. The molecule has 2 heterocycles. The van der Waals surface area contributed by atoms with Gasteiger partial charge in [0.25, 0.3) is 0 Å². The Balaban J connectivity index is 0.980. The highest BCUT2D eigenvalue weighted by molar-refractivity contribution is 6.16. The van der Waals surface area contributed by atoms with Gasteiger partial charge in [0.15, 0.2) is 0 Å². The van der Waals surface area contributed by atoms with E-state index in [1.54, 1.807) is 0 Å². The molecule has 59 heavy (non-hydrogen) atoms. The van der Waals surface area contributed by atoms with Crippen LogP contribution in [0.5, 0.6) is 0 Å². The third-order valence-electron chi connectivity index (χ3n) is 11.9. The molecule has 0 N–H and O–H groups in total. The average molecular weight is 754 g/mol. The van der Waals surface area contributed by atoms with E-state index in [2.05, 4.69) is 205 Å². The van der Waals surface area contributed by atoms with Crippen molar-refractivity contribution in [1.82, 2.24) is 0 Å². The van der Waals surface area contributed by atoms with Gasteiger partial charge in [-0.3, -0.25) is 0 Å². The fourth-order valence-electron chi connectivity index (χ4n) is 8.99. The molecule has 2 aromatic heterocycles. The molecular weight excluding hydrogens is 719 g/mol. The second-order valence-corrected chi connectivity index (χ2v) is 15.3. The normalized spacial score (nSPS) is 11.7. The van der Waals surface area contributed by atoms with E-state index in [1.807, 2.05) is 12.1 Å². The number of anilines is 3. The Morgan fingerprint density at radius 2 is 0.847 bits per heavy atom. The highest BCUT2D eigenvalue weighted by atomic mass is 16.3. The zero-order valence-electron chi connectivity index (χ0n) is 32.0. The van der Waals surface area contributed by atoms with Crippen LogP contribution in [0.15, 0.2) is 221 Å². The molecule has 0 amide bonds. The van der Waals surface area contributed by atoms with E-state index in [0.717, 1.165) is 83.0 Å². The summed E-state index contributed by atoms with van der Waals surface area (Å²) in [5.41, 5.74) is 13.8. The summed E-state index contributed by atoms with van der Waals surface area (Å²) in [6.45, 7) is 0. The Labute approximate surface area is 340 Å². The highest BCUT2D eigenvalue weighted by Gasteiger charge is 2.20. The first-order valence-electron chi connectivity index (χ1n) is 20.1. The summed E-state index contributed by atoms with van der Waals surface area (Å²) in [6.07, 6.45) is 0. The Hall–Kier alpha value is -7.88. The van der Waals surface area contributed by atoms with Crippen LogP contribution in [0.4, 0.5) is 17.1 Å². The molecule has 10 aromatic carbocycles. The fourth-order valence-corrected chi connectivity index (χ4v) is 8.99. The number of hydrogen-bond acceptors (Lipinski definition) is 3. The van der Waals surface area contributed by atoms with Crippen molar-refractivity contribution in [3.63, 3.8) is 0 Å². The number of rotatable bonds is 6. The first kappa shape index (κ1) is 33.3. The van der Waals surface area contributed by atoms with Gasteiger partial charge in [-0.2, -0.15) is 0 Å². The summed E-state index contributed by atoms with van der Waals surface area (Å²) in [4.78, 5) is 2.37. The maximum absolute atomic E-state index is 6.52. The summed E-state index contributed by atoms with van der Waals surface area (Å²) >= 11 is 0. The van der Waals surface area contributed by atoms with E-state index >= 15 is 0 Å². The topological polar surface area (TPSA) is 29.5 Å². The minimum Gasteiger partial charge on any atom is -0.456 e. The lowest BCUT2D eigenvalue weighted by Gasteiger charge is -2.28. The van der Waals surface area contributed by atoms with Gasteiger partial charge in [-0.1, -0.05) is 152 Å². The highest BCUT2D eigenvalue weighted by Crippen LogP contribution is 2.45. The van der Waals surface area contributed by atoms with E-state index in [-0.39, 0.29) is 0 Å². The van der Waals surface area contributed by atoms with Crippen LogP contribution in [0.2, 0.25) is 0 Å². The second kappa shape index (κ2) is 13.4. The van der Waals surface area contributed by atoms with Crippen LogP contribution in [-0.4, -0.2) is 0 Å². The third-order valence-corrected chi connectivity index (χ3v) is 11.9. The van der Waals surface area contributed by atoms with Gasteiger partial charge in [-0.25, -0.2) is 0 Å². The van der Waals surface area contributed by atoms with E-state index < -0.39 is 0 Å². The SMILES string of the molecule is c1ccc(N(c2ccc(-c3ccc(-c4cccc5ccccc45)cc3)cc2)c2ccc3oc4ccccc4c3c2)c(-c2ccc3oc4c5ccccc5ccc4c3c2)c1. The zero-order chi connectivity index (χ0) is 38.9. The van der Waals surface area contributed by atoms with Crippen molar-refractivity contribution in [3.8, 4) is 33.4 Å². The van der Waals surface area contributed by atoms with Gasteiger partial charge in [-0.15, -0.1) is 0 Å². The van der Waals surface area contributed by atoms with Gasteiger partial charge < -0.3 is 13.7 Å². The standard InChI is InChI=1S/C56H35NO2/c1-3-13-44-38(10-1)12-9-17-45(44)40-22-20-36(21-23-40)37-24-28-42(29-25-37)57(43-30-33-54-51(35-43)48-16-6-8-19-53(48)58-54)52-18-7-5-14-46(52)41-27-32-55-50(34-41)49-31-26-39-11-2-4-15-47(39)56(49)59-55/h1-35H. The summed E-state index contributed by atoms with van der Waals surface area (Å²) in [5, 5.41) is 9.22. The molecule has 0 unspecified atom stereocenters. The molecule has 0 aliphatic rings. The molecule has 0 aliphatic heterocycles. The lowest BCUT2D eigenvalue weighted by molar-refractivity contribution is 0.669. The third kappa shape index (κ3) is 5.51. The number of benzene rings is 10. The molecule has 12 rings (SSSR count). The lowest BCUT2D eigenvalue weighted by Crippen LogP contribution is -2.11. The van der Waals surface area contributed by atoms with Gasteiger partial charge >= 0.3 is 0 Å². The number of hydrogen-bond donors (Lipinski definition) is 0. The average Bonchev–Trinajstić information content (AvgIpc) is 3.88. The van der Waals surface area contributed by atoms with Crippen LogP contribution in [0.25, 0.3) is 98.8 Å². The Morgan fingerprint density at radius 1 is 0.288 bits per heavy atom. The molecule has 0 bridgehead atoms. The Morgan fingerprint density at radius 3 is 1.69 bits per heavy atom. The Bertz CT molecular complexity index is 3550. The maximum Gasteiger partial charge on any atom is 0.143 e. The van der Waals surface area contributed by atoms with Crippen molar-refractivity contribution in [3.05, 3.63) is 212 Å². The van der Waals surface area contributed by atoms with Crippen molar-refractivity contribution in [2.45, 2.75) is 0 Å². The largest absolute Gasteiger partial charge is 0.456 e. The van der Waals surface area contributed by atoms with E-state index in [0.29, 0.717) is 0 Å². The number of fused-ring (bicyclic) bond motifs is 9. The number of para-hydroxylation sites is 2. The summed E-state index contributed by atoms with van der Waals surface area (Å²) in [7, 11) is 0. The Kier molecular flexibility index (Phi) is 7.54. The molecule has 0 radical (unpaired) electrons. The van der Waals surface area contributed by atoms with Crippen LogP contribution in [0, 0.1) is 0 Å². The number of furan rings is 2. The summed E-state index contributed by atoms with van der Waals surface area (Å²) in [6, 6.07) is 75.8. The monoisotopic (exact) mass is 753 g/mol. The first-order valence-corrected chi connectivity index (χ1v) is 20.1. The minimum atomic E-state index is 0.871. The zero-order valence-corrected chi connectivity index (χ0v) is 32.0. The molecule has 12 aromatic rings. The molecule has 276 valence electrons. The molecule has 0 atom stereocenters. The van der Waals surface area contributed by atoms with Gasteiger partial charge in [0.05, 0.1) is 5.69 Å². The number of nitrogens with zero attached hydrogens (tertiary/aromatic N) is 1. The molecule has 3 nitrogen and oxygen atoms in total. The van der Waals surface area contributed by atoms with E-state index in [4.69, 9.17) is 8.83 Å². The van der Waals surface area contributed by atoms with Crippen LogP contribution >= 0.6 is 0 Å². The van der Waals surface area contributed by atoms with Crippen LogP contribution in [0.1, 0.15) is 0 Å².